The van der Waals surface area contributed by atoms with Crippen LogP contribution in [0.15, 0.2) is 66.7 Å². The lowest BCUT2D eigenvalue weighted by atomic mass is 9.77. The number of hydrogen-bond donors (Lipinski definition) is 6. The monoisotopic (exact) mass is 1030 g/mol. The highest BCUT2D eigenvalue weighted by Crippen LogP contribution is 2.40. The molecule has 3 aliphatic carbocycles. The fourth-order valence-corrected chi connectivity index (χ4v) is 11.5. The molecule has 0 aliphatic heterocycles. The molecule has 10 heteroatoms. The summed E-state index contributed by atoms with van der Waals surface area (Å²) in [5.74, 6) is 4.56. The normalized spacial score (nSPS) is 21.1. The third-order valence-corrected chi connectivity index (χ3v) is 16.6. The first-order valence-corrected chi connectivity index (χ1v) is 29.7. The Balaban J connectivity index is 0.000000241. The first kappa shape index (κ1) is 63.8. The number of rotatable bonds is 31. The van der Waals surface area contributed by atoms with E-state index in [4.69, 9.17) is 44.8 Å². The summed E-state index contributed by atoms with van der Waals surface area (Å²) in [4.78, 5) is 0. The van der Waals surface area contributed by atoms with Crippen LogP contribution in [0.4, 0.5) is 4.39 Å². The molecule has 0 aromatic heterocycles. The molecule has 0 atom stereocenters. The number of halogens is 1. The van der Waals surface area contributed by atoms with Crippen molar-refractivity contribution in [1.29, 1.82) is 0 Å². The minimum atomic E-state index is -0.579. The molecule has 0 radical (unpaired) electrons. The molecule has 3 aromatic rings. The second-order valence-electron chi connectivity index (χ2n) is 22.1. The van der Waals surface area contributed by atoms with Gasteiger partial charge in [-0.1, -0.05) is 152 Å². The molecule has 0 bridgehead atoms. The molecule has 420 valence electrons. The van der Waals surface area contributed by atoms with E-state index in [1.54, 1.807) is 6.07 Å². The maximum absolute atomic E-state index is 14.4. The van der Waals surface area contributed by atoms with Gasteiger partial charge in [0.2, 0.25) is 0 Å². The van der Waals surface area contributed by atoms with Crippen LogP contribution in [0.25, 0.3) is 0 Å². The van der Waals surface area contributed by atoms with Gasteiger partial charge < -0.3 is 44.8 Å². The zero-order valence-electron chi connectivity index (χ0n) is 46.4. The van der Waals surface area contributed by atoms with Crippen LogP contribution in [0.3, 0.4) is 0 Å². The maximum Gasteiger partial charge on any atom is 0.126 e. The van der Waals surface area contributed by atoms with E-state index >= 15 is 0 Å². The highest BCUT2D eigenvalue weighted by molar-refractivity contribution is 5.29. The average Bonchev–Trinajstić information content (AvgIpc) is 3.45. The van der Waals surface area contributed by atoms with Crippen LogP contribution in [-0.4, -0.2) is 102 Å². The molecule has 3 aliphatic rings. The zero-order chi connectivity index (χ0) is 53.2. The molecule has 3 aromatic carbocycles. The van der Waals surface area contributed by atoms with Gasteiger partial charge in [0, 0.05) is 0 Å². The molecule has 0 heterocycles. The van der Waals surface area contributed by atoms with E-state index in [0.717, 1.165) is 41.2 Å². The predicted octanol–water partition coefficient (Wildman–Crippen LogP) is 13.1. The Morgan fingerprint density at radius 3 is 1.19 bits per heavy atom. The number of aliphatic hydroxyl groups excluding tert-OH is 6. The molecule has 74 heavy (non-hydrogen) atoms. The van der Waals surface area contributed by atoms with Crippen LogP contribution < -0.4 is 0 Å². The van der Waals surface area contributed by atoms with Gasteiger partial charge in [-0.25, -0.2) is 4.39 Å². The highest BCUT2D eigenvalue weighted by Gasteiger charge is 2.25. The van der Waals surface area contributed by atoms with Crippen molar-refractivity contribution in [2.75, 3.05) is 52.9 Å². The van der Waals surface area contributed by atoms with Crippen molar-refractivity contribution in [3.8, 4) is 0 Å². The molecule has 3 saturated carbocycles. The molecule has 3 fully saturated rings. The van der Waals surface area contributed by atoms with Crippen LogP contribution in [0.2, 0.25) is 0 Å². The van der Waals surface area contributed by atoms with E-state index in [0.29, 0.717) is 43.6 Å². The fraction of sp³-hybridized carbons (Fsp3) is 0.719. The molecular formula is C64H103FO9. The third kappa shape index (κ3) is 24.3. The summed E-state index contributed by atoms with van der Waals surface area (Å²) in [6.07, 6.45) is 30.5. The first-order chi connectivity index (χ1) is 36.2. The smallest absolute Gasteiger partial charge is 0.126 e. The van der Waals surface area contributed by atoms with Crippen molar-refractivity contribution in [3.05, 3.63) is 106 Å². The number of unbranched alkanes of at least 4 members (excludes halogenated alkanes) is 5. The van der Waals surface area contributed by atoms with Gasteiger partial charge >= 0.3 is 0 Å². The van der Waals surface area contributed by atoms with E-state index in [2.05, 4.69) is 75.4 Å². The quantitative estimate of drug-likeness (QED) is 0.0346. The molecule has 6 N–H and O–H groups in total. The summed E-state index contributed by atoms with van der Waals surface area (Å²) in [5, 5.41) is 54.0. The topological polar surface area (TPSA) is 149 Å². The fourth-order valence-electron chi connectivity index (χ4n) is 11.5. The van der Waals surface area contributed by atoms with Gasteiger partial charge in [0.25, 0.3) is 0 Å². The van der Waals surface area contributed by atoms with Gasteiger partial charge in [0.15, 0.2) is 0 Å². The maximum atomic E-state index is 14.4. The Hall–Kier alpha value is -2.77. The molecule has 0 spiro atoms. The number of aliphatic hydroxyl groups is 6. The van der Waals surface area contributed by atoms with Gasteiger partial charge in [0.05, 0.1) is 59.5 Å². The Labute approximate surface area is 448 Å². The Bertz CT molecular complexity index is 1790. The van der Waals surface area contributed by atoms with Crippen LogP contribution in [0.1, 0.15) is 220 Å². The first-order valence-electron chi connectivity index (χ1n) is 29.7. The predicted molar refractivity (Wildman–Crippen MR) is 299 cm³/mol. The lowest BCUT2D eigenvalue weighted by Gasteiger charge is -2.29. The average molecular weight is 1040 g/mol. The highest BCUT2D eigenvalue weighted by atomic mass is 19.1. The standard InChI is InChI=1S/C22H35FO3.C22H36O3.C20H32O3/c1-2-3-4-5-17-6-8-18(9-7-17)20-11-10-19(22(23)14-20)12-13-26-21(15-24)16-25;1-2-3-4-5-18-6-10-20(11-7-18)21-12-8-19(9-13-21)14-15-25-22(16-23)17-24;1-2-3-4-16-5-9-18(10-6-16)19-11-7-17(8-12-19)15-23-20(13-21)14-22/h10-11,14,17-18,21,24-25H,2-9,12-13,15-16H2,1H3;8-9,12-13,18,20,22-24H,2-7,10-11,14-17H2,1H3;7-8,11-12,16,18,20-22H,2-6,9-10,13-15H2,1H3. The van der Waals surface area contributed by atoms with E-state index in [-0.39, 0.29) is 45.5 Å². The summed E-state index contributed by atoms with van der Waals surface area (Å²) in [6.45, 7) is 7.09. The van der Waals surface area contributed by atoms with E-state index in [1.165, 1.54) is 164 Å². The number of hydrogen-bond acceptors (Lipinski definition) is 9. The van der Waals surface area contributed by atoms with Gasteiger partial charge in [-0.05, 0) is 165 Å². The molecule has 9 nitrogen and oxygen atoms in total. The van der Waals surface area contributed by atoms with E-state index < -0.39 is 18.3 Å². The zero-order valence-corrected chi connectivity index (χ0v) is 46.4. The summed E-state index contributed by atoms with van der Waals surface area (Å²) < 4.78 is 30.7. The summed E-state index contributed by atoms with van der Waals surface area (Å²) in [5.41, 5.74) is 7.05. The van der Waals surface area contributed by atoms with Crippen molar-refractivity contribution in [1.82, 2.24) is 0 Å². The lowest BCUT2D eigenvalue weighted by molar-refractivity contribution is -0.0284. The van der Waals surface area contributed by atoms with Crippen LogP contribution >= 0.6 is 0 Å². The molecule has 0 saturated heterocycles. The molecule has 6 rings (SSSR count). The van der Waals surface area contributed by atoms with Crippen LogP contribution in [0.5, 0.6) is 0 Å². The van der Waals surface area contributed by atoms with E-state index in [9.17, 15) is 4.39 Å². The van der Waals surface area contributed by atoms with Gasteiger partial charge in [-0.2, -0.15) is 0 Å². The number of ether oxygens (including phenoxy) is 3. The van der Waals surface area contributed by atoms with E-state index in [1.807, 2.05) is 6.07 Å². The van der Waals surface area contributed by atoms with Crippen molar-refractivity contribution in [2.45, 2.75) is 224 Å². The van der Waals surface area contributed by atoms with Gasteiger partial charge in [0.1, 0.15) is 24.1 Å². The van der Waals surface area contributed by atoms with Crippen molar-refractivity contribution in [2.24, 2.45) is 17.8 Å². The van der Waals surface area contributed by atoms with Crippen LogP contribution in [0, 0.1) is 23.6 Å². The summed E-state index contributed by atoms with van der Waals surface area (Å²) >= 11 is 0. The second kappa shape index (κ2) is 38.7. The second-order valence-corrected chi connectivity index (χ2v) is 22.1. The lowest BCUT2D eigenvalue weighted by Crippen LogP contribution is -2.23. The minimum Gasteiger partial charge on any atom is -0.394 e. The minimum absolute atomic E-state index is 0.128. The summed E-state index contributed by atoms with van der Waals surface area (Å²) in [7, 11) is 0. The largest absolute Gasteiger partial charge is 0.394 e. The molecule has 0 amide bonds. The molecule has 0 unspecified atom stereocenters. The Kier molecular flexibility index (Phi) is 33.4. The van der Waals surface area contributed by atoms with Gasteiger partial charge in [-0.15, -0.1) is 0 Å². The SMILES string of the molecule is CCCCC1CCC(c2ccc(COC(CO)CO)cc2)CC1.CCCCCC1CCC(c2ccc(CCOC(CO)CO)c(F)c2)CC1.CCCCCC1CCC(c2ccc(CCOC(CO)CO)cc2)CC1. The summed E-state index contributed by atoms with van der Waals surface area (Å²) in [6, 6.07) is 23.3. The van der Waals surface area contributed by atoms with Crippen molar-refractivity contribution < 1.29 is 49.2 Å². The van der Waals surface area contributed by atoms with Gasteiger partial charge in [-0.3, -0.25) is 0 Å². The Morgan fingerprint density at radius 1 is 0.419 bits per heavy atom. The molecular weight excluding hydrogens is 932 g/mol. The van der Waals surface area contributed by atoms with Crippen molar-refractivity contribution in [3.63, 3.8) is 0 Å². The van der Waals surface area contributed by atoms with Crippen molar-refractivity contribution >= 4 is 0 Å². The Morgan fingerprint density at radius 2 is 0.784 bits per heavy atom. The van der Waals surface area contributed by atoms with Crippen LogP contribution in [-0.2, 0) is 33.7 Å². The number of benzene rings is 3. The third-order valence-electron chi connectivity index (χ3n) is 16.6.